The molecule has 0 saturated carbocycles. The van der Waals surface area contributed by atoms with Crippen LogP contribution in [-0.4, -0.2) is 62.6 Å². The van der Waals surface area contributed by atoms with Gasteiger partial charge in [-0.3, -0.25) is 9.89 Å². The van der Waals surface area contributed by atoms with E-state index in [2.05, 4.69) is 51.3 Å². The Morgan fingerprint density at radius 3 is 2.52 bits per heavy atom. The van der Waals surface area contributed by atoms with Gasteiger partial charge in [-0.25, -0.2) is 0 Å². The van der Waals surface area contributed by atoms with Gasteiger partial charge >= 0.3 is 0 Å². The molecule has 0 radical (unpaired) electrons. The van der Waals surface area contributed by atoms with E-state index >= 15 is 0 Å². The molecule has 0 aliphatic carbocycles. The van der Waals surface area contributed by atoms with Gasteiger partial charge in [0.1, 0.15) is 5.75 Å². The largest absolute Gasteiger partial charge is 0.497 e. The second-order valence-electron chi connectivity index (χ2n) is 8.19. The molecule has 0 bridgehead atoms. The van der Waals surface area contributed by atoms with Gasteiger partial charge in [-0.2, -0.15) is 0 Å². The number of hydrogen-bond donors (Lipinski definition) is 1. The van der Waals surface area contributed by atoms with E-state index < -0.39 is 0 Å². The van der Waals surface area contributed by atoms with E-state index in [0.29, 0.717) is 0 Å². The summed E-state index contributed by atoms with van der Waals surface area (Å²) >= 11 is 0. The van der Waals surface area contributed by atoms with Crippen molar-refractivity contribution in [1.82, 2.24) is 15.1 Å². The Balaban J connectivity index is 1.39. The molecule has 1 aromatic rings. The monoisotopic (exact) mass is 372 g/mol. The van der Waals surface area contributed by atoms with Gasteiger partial charge in [-0.1, -0.05) is 19.1 Å². The van der Waals surface area contributed by atoms with Crippen LogP contribution >= 0.6 is 0 Å². The summed E-state index contributed by atoms with van der Waals surface area (Å²) in [6.07, 6.45) is 5.15. The van der Waals surface area contributed by atoms with Crippen molar-refractivity contribution in [2.24, 2.45) is 16.8 Å². The zero-order chi connectivity index (χ0) is 19.1. The molecule has 5 heteroatoms. The molecular formula is C22H36N4O. The third-order valence-electron chi connectivity index (χ3n) is 5.99. The van der Waals surface area contributed by atoms with Crippen molar-refractivity contribution in [3.63, 3.8) is 0 Å². The van der Waals surface area contributed by atoms with Crippen LogP contribution in [0.4, 0.5) is 0 Å². The van der Waals surface area contributed by atoms with E-state index in [1.807, 2.05) is 7.05 Å². The van der Waals surface area contributed by atoms with E-state index in [1.54, 1.807) is 7.11 Å². The van der Waals surface area contributed by atoms with E-state index in [4.69, 9.17) is 4.74 Å². The molecule has 150 valence electrons. The van der Waals surface area contributed by atoms with E-state index in [1.165, 1.54) is 44.3 Å². The Labute approximate surface area is 164 Å². The fourth-order valence-electron chi connectivity index (χ4n) is 4.29. The first-order valence-electron chi connectivity index (χ1n) is 10.5. The fraction of sp³-hybridized carbons (Fsp3) is 0.682. The van der Waals surface area contributed by atoms with Gasteiger partial charge in [-0.05, 0) is 68.3 Å². The normalized spacial score (nSPS) is 22.7. The second kappa shape index (κ2) is 9.98. The Morgan fingerprint density at radius 2 is 1.89 bits per heavy atom. The minimum Gasteiger partial charge on any atom is -0.497 e. The predicted octanol–water partition coefficient (Wildman–Crippen LogP) is 3.21. The molecule has 1 atom stereocenters. The summed E-state index contributed by atoms with van der Waals surface area (Å²) in [5.74, 6) is 3.55. The third kappa shape index (κ3) is 5.86. The number of aliphatic imine (C=N–C) groups is 1. The number of guanidine groups is 1. The Kier molecular flexibility index (Phi) is 7.39. The van der Waals surface area contributed by atoms with Crippen molar-refractivity contribution in [1.29, 1.82) is 0 Å². The predicted molar refractivity (Wildman–Crippen MR) is 112 cm³/mol. The lowest BCUT2D eigenvalue weighted by molar-refractivity contribution is 0.177. The van der Waals surface area contributed by atoms with Crippen molar-refractivity contribution in [2.75, 3.05) is 46.9 Å². The van der Waals surface area contributed by atoms with Gasteiger partial charge < -0.3 is 15.0 Å². The van der Waals surface area contributed by atoms with Crippen LogP contribution in [0.3, 0.4) is 0 Å². The van der Waals surface area contributed by atoms with Crippen molar-refractivity contribution in [2.45, 2.75) is 39.2 Å². The molecule has 3 rings (SSSR count). The molecule has 2 saturated heterocycles. The van der Waals surface area contributed by atoms with Crippen molar-refractivity contribution >= 4 is 5.96 Å². The maximum Gasteiger partial charge on any atom is 0.193 e. The third-order valence-corrected chi connectivity index (χ3v) is 5.99. The van der Waals surface area contributed by atoms with Crippen LogP contribution in [-0.2, 0) is 6.54 Å². The van der Waals surface area contributed by atoms with Crippen LogP contribution in [0.25, 0.3) is 0 Å². The van der Waals surface area contributed by atoms with Gasteiger partial charge in [0.25, 0.3) is 0 Å². The number of ether oxygens (including phenoxy) is 1. The Bertz CT molecular complexity index is 593. The number of hydrogen-bond acceptors (Lipinski definition) is 3. The Morgan fingerprint density at radius 1 is 1.15 bits per heavy atom. The molecule has 0 amide bonds. The number of benzene rings is 1. The highest BCUT2D eigenvalue weighted by Crippen LogP contribution is 2.20. The molecular weight excluding hydrogens is 336 g/mol. The molecule has 5 nitrogen and oxygen atoms in total. The molecule has 2 fully saturated rings. The number of nitrogens with zero attached hydrogens (tertiary/aromatic N) is 3. The second-order valence-corrected chi connectivity index (χ2v) is 8.19. The first kappa shape index (κ1) is 20.0. The summed E-state index contributed by atoms with van der Waals surface area (Å²) in [4.78, 5) is 9.53. The first-order valence-corrected chi connectivity index (χ1v) is 10.5. The smallest absolute Gasteiger partial charge is 0.193 e. The van der Waals surface area contributed by atoms with E-state index in [0.717, 1.165) is 49.7 Å². The molecule has 1 aromatic carbocycles. The molecule has 2 heterocycles. The quantitative estimate of drug-likeness (QED) is 0.636. The average molecular weight is 373 g/mol. The van der Waals surface area contributed by atoms with Crippen LogP contribution in [0, 0.1) is 11.8 Å². The molecule has 2 aliphatic heterocycles. The lowest BCUT2D eigenvalue weighted by atomic mass is 9.96. The number of rotatable bonds is 5. The fourth-order valence-corrected chi connectivity index (χ4v) is 4.29. The lowest BCUT2D eigenvalue weighted by Crippen LogP contribution is -2.48. The van der Waals surface area contributed by atoms with Crippen molar-refractivity contribution < 1.29 is 4.74 Å². The minimum atomic E-state index is 0.746. The summed E-state index contributed by atoms with van der Waals surface area (Å²) in [7, 11) is 3.63. The van der Waals surface area contributed by atoms with Crippen LogP contribution in [0.15, 0.2) is 29.3 Å². The average Bonchev–Trinajstić information content (AvgIpc) is 2.70. The first-order chi connectivity index (χ1) is 13.2. The van der Waals surface area contributed by atoms with Gasteiger partial charge in [-0.15, -0.1) is 0 Å². The van der Waals surface area contributed by atoms with Crippen LogP contribution < -0.4 is 10.1 Å². The molecule has 1 N–H and O–H groups in total. The number of likely N-dealkylation sites (tertiary alicyclic amines) is 2. The maximum atomic E-state index is 5.24. The van der Waals surface area contributed by atoms with Gasteiger partial charge in [0.05, 0.1) is 7.11 Å². The summed E-state index contributed by atoms with van der Waals surface area (Å²) in [5.41, 5.74) is 1.37. The highest BCUT2D eigenvalue weighted by atomic mass is 16.5. The summed E-state index contributed by atoms with van der Waals surface area (Å²) in [6, 6.07) is 8.46. The van der Waals surface area contributed by atoms with Crippen molar-refractivity contribution in [3.8, 4) is 5.75 Å². The van der Waals surface area contributed by atoms with Gasteiger partial charge in [0.2, 0.25) is 0 Å². The zero-order valence-electron chi connectivity index (χ0n) is 17.3. The zero-order valence-corrected chi connectivity index (χ0v) is 17.3. The Hall–Kier alpha value is -1.75. The van der Waals surface area contributed by atoms with Gasteiger partial charge in [0, 0.05) is 33.2 Å². The SMILES string of the molecule is CN=C(NCC1CCN(Cc2ccc(OC)cc2)CC1)N1CCCC(C)C1. The molecule has 0 aromatic heterocycles. The molecule has 27 heavy (non-hydrogen) atoms. The van der Waals surface area contributed by atoms with Crippen molar-refractivity contribution in [3.05, 3.63) is 29.8 Å². The maximum absolute atomic E-state index is 5.24. The number of methoxy groups -OCH3 is 1. The van der Waals surface area contributed by atoms with Crippen LogP contribution in [0.5, 0.6) is 5.75 Å². The van der Waals surface area contributed by atoms with Gasteiger partial charge in [0.15, 0.2) is 5.96 Å². The standard InChI is InChI=1S/C22H36N4O/c1-18-5-4-12-26(16-18)22(23-2)24-15-19-10-13-25(14-11-19)17-20-6-8-21(27-3)9-7-20/h6-9,18-19H,4-5,10-17H2,1-3H3,(H,23,24). The number of piperidine rings is 2. The highest BCUT2D eigenvalue weighted by Gasteiger charge is 2.22. The van der Waals surface area contributed by atoms with Crippen LogP contribution in [0.2, 0.25) is 0 Å². The summed E-state index contributed by atoms with van der Waals surface area (Å²) < 4.78 is 5.24. The molecule has 2 aliphatic rings. The topological polar surface area (TPSA) is 40.1 Å². The lowest BCUT2D eigenvalue weighted by Gasteiger charge is -2.35. The minimum absolute atomic E-state index is 0.746. The summed E-state index contributed by atoms with van der Waals surface area (Å²) in [6.45, 7) is 9.07. The van der Waals surface area contributed by atoms with E-state index in [-0.39, 0.29) is 0 Å². The molecule has 0 spiro atoms. The summed E-state index contributed by atoms with van der Waals surface area (Å²) in [5, 5.41) is 3.65. The van der Waals surface area contributed by atoms with Crippen LogP contribution in [0.1, 0.15) is 38.2 Å². The number of nitrogens with one attached hydrogen (secondary N) is 1. The molecule has 1 unspecified atom stereocenters. The highest BCUT2D eigenvalue weighted by molar-refractivity contribution is 5.80. The van der Waals surface area contributed by atoms with E-state index in [9.17, 15) is 0 Å².